The third-order valence-electron chi connectivity index (χ3n) is 5.37. The van der Waals surface area contributed by atoms with Gasteiger partial charge in [0, 0.05) is 11.3 Å². The quantitative estimate of drug-likeness (QED) is 0.677. The van der Waals surface area contributed by atoms with E-state index in [0.717, 1.165) is 33.5 Å². The fourth-order valence-electron chi connectivity index (χ4n) is 3.78. The number of ether oxygens (including phenoxy) is 2. The van der Waals surface area contributed by atoms with E-state index in [1.54, 1.807) is 12.1 Å². The van der Waals surface area contributed by atoms with Gasteiger partial charge in [-0.15, -0.1) is 5.10 Å². The van der Waals surface area contributed by atoms with Crippen molar-refractivity contribution in [2.24, 2.45) is 5.73 Å². The molecule has 3 aromatic rings. The maximum atomic E-state index is 13.1. The highest BCUT2D eigenvalue weighted by atomic mass is 19.1. The molecule has 1 atom stereocenters. The smallest absolute Gasteiger partial charge is 0.244 e. The average Bonchev–Trinajstić information content (AvgIpc) is 3.08. The number of aryl methyl sites for hydroxylation is 3. The molecule has 0 spiro atoms. The Balaban J connectivity index is 1.75. The van der Waals surface area contributed by atoms with Crippen molar-refractivity contribution < 1.29 is 13.9 Å². The predicted molar refractivity (Wildman–Crippen MR) is 109 cm³/mol. The molecule has 0 saturated heterocycles. The van der Waals surface area contributed by atoms with Crippen molar-refractivity contribution in [3.05, 3.63) is 87.2 Å². The third kappa shape index (κ3) is 3.37. The third-order valence-corrected chi connectivity index (χ3v) is 5.37. The fourth-order valence-corrected chi connectivity index (χ4v) is 3.78. The van der Waals surface area contributed by atoms with E-state index in [4.69, 9.17) is 15.2 Å². The second kappa shape index (κ2) is 7.56. The van der Waals surface area contributed by atoms with Crippen LogP contribution in [-0.4, -0.2) is 10.2 Å². The van der Waals surface area contributed by atoms with Gasteiger partial charge in [-0.2, -0.15) is 5.26 Å². The Bertz CT molecular complexity index is 1190. The van der Waals surface area contributed by atoms with E-state index in [1.807, 2.05) is 26.8 Å². The molecule has 0 unspecified atom stereocenters. The van der Waals surface area contributed by atoms with Gasteiger partial charge in [0.05, 0.1) is 5.92 Å². The van der Waals surface area contributed by atoms with Crippen LogP contribution in [0.25, 0.3) is 0 Å². The van der Waals surface area contributed by atoms with Gasteiger partial charge in [0.25, 0.3) is 0 Å². The number of nitriles is 1. The molecule has 2 heterocycles. The minimum absolute atomic E-state index is 0.0607. The second-order valence-electron chi connectivity index (χ2n) is 7.37. The Morgan fingerprint density at radius 1 is 1.20 bits per heavy atom. The molecule has 0 saturated carbocycles. The van der Waals surface area contributed by atoms with Crippen LogP contribution in [0.5, 0.6) is 11.6 Å². The molecule has 0 aliphatic carbocycles. The summed E-state index contributed by atoms with van der Waals surface area (Å²) in [5, 5.41) is 16.9. The molecule has 152 valence electrons. The number of H-pyrrole nitrogens is 1. The molecule has 6 nitrogen and oxygen atoms in total. The number of halogens is 1. The largest absolute Gasteiger partial charge is 0.489 e. The van der Waals surface area contributed by atoms with E-state index in [1.165, 1.54) is 12.1 Å². The van der Waals surface area contributed by atoms with Gasteiger partial charge in [-0.25, -0.2) is 4.39 Å². The van der Waals surface area contributed by atoms with Gasteiger partial charge < -0.3 is 15.2 Å². The number of rotatable bonds is 4. The summed E-state index contributed by atoms with van der Waals surface area (Å²) in [6, 6.07) is 12.2. The van der Waals surface area contributed by atoms with Crippen LogP contribution in [0, 0.1) is 37.9 Å². The lowest BCUT2D eigenvalue weighted by molar-refractivity contribution is 0.304. The Kier molecular flexibility index (Phi) is 4.92. The number of benzene rings is 2. The van der Waals surface area contributed by atoms with Gasteiger partial charge in [-0.1, -0.05) is 12.1 Å². The van der Waals surface area contributed by atoms with E-state index in [-0.39, 0.29) is 17.6 Å². The monoisotopic (exact) mass is 404 g/mol. The molecule has 0 radical (unpaired) electrons. The van der Waals surface area contributed by atoms with E-state index in [9.17, 15) is 9.65 Å². The lowest BCUT2D eigenvalue weighted by atomic mass is 9.81. The van der Waals surface area contributed by atoms with E-state index >= 15 is 0 Å². The van der Waals surface area contributed by atoms with Gasteiger partial charge in [-0.3, -0.25) is 5.10 Å². The van der Waals surface area contributed by atoms with Crippen molar-refractivity contribution in [3.63, 3.8) is 0 Å². The lowest BCUT2D eigenvalue weighted by Crippen LogP contribution is -2.21. The van der Waals surface area contributed by atoms with Gasteiger partial charge in [0.2, 0.25) is 11.8 Å². The van der Waals surface area contributed by atoms with Crippen molar-refractivity contribution in [3.8, 4) is 17.7 Å². The van der Waals surface area contributed by atoms with E-state index in [2.05, 4.69) is 22.3 Å². The molecule has 7 heteroatoms. The first kappa shape index (κ1) is 19.5. The Morgan fingerprint density at radius 2 is 1.93 bits per heavy atom. The van der Waals surface area contributed by atoms with Crippen molar-refractivity contribution >= 4 is 0 Å². The summed E-state index contributed by atoms with van der Waals surface area (Å²) in [5.74, 6) is 0.334. The molecule has 30 heavy (non-hydrogen) atoms. The standard InChI is InChI=1S/C23H21FN4O2/c1-12-8-13(2)18(9-15(12)11-29-17-6-4-16(24)5-7-17)21-19(10-25)22(26)30-23-20(21)14(3)27-28-23/h4-9,21H,11,26H2,1-3H3,(H,27,28)/t21-/m0/s1. The van der Waals surface area contributed by atoms with Crippen LogP contribution < -0.4 is 15.2 Å². The number of allylic oxidation sites excluding steroid dienone is 1. The highest BCUT2D eigenvalue weighted by molar-refractivity contribution is 5.57. The summed E-state index contributed by atoms with van der Waals surface area (Å²) in [7, 11) is 0. The topological polar surface area (TPSA) is 97.0 Å². The lowest BCUT2D eigenvalue weighted by Gasteiger charge is -2.26. The molecule has 3 N–H and O–H groups in total. The molecule has 1 aliphatic heterocycles. The van der Waals surface area contributed by atoms with Crippen molar-refractivity contribution in [2.45, 2.75) is 33.3 Å². The second-order valence-corrected chi connectivity index (χ2v) is 7.37. The summed E-state index contributed by atoms with van der Waals surface area (Å²) in [6.07, 6.45) is 0. The Morgan fingerprint density at radius 3 is 2.63 bits per heavy atom. The maximum absolute atomic E-state index is 13.1. The zero-order chi connectivity index (χ0) is 21.4. The molecule has 0 fully saturated rings. The number of aromatic amines is 1. The number of nitrogens with two attached hydrogens (primary N) is 1. The van der Waals surface area contributed by atoms with Crippen molar-refractivity contribution in [1.82, 2.24) is 10.2 Å². The molecule has 0 amide bonds. The van der Waals surface area contributed by atoms with E-state index < -0.39 is 0 Å². The first-order valence-electron chi connectivity index (χ1n) is 9.50. The molecular formula is C23H21FN4O2. The Labute approximate surface area is 173 Å². The van der Waals surface area contributed by atoms with Crippen LogP contribution in [0.1, 0.15) is 39.4 Å². The van der Waals surface area contributed by atoms with Crippen LogP contribution in [0.3, 0.4) is 0 Å². The zero-order valence-corrected chi connectivity index (χ0v) is 16.9. The minimum Gasteiger partial charge on any atom is -0.489 e. The highest BCUT2D eigenvalue weighted by Crippen LogP contribution is 2.44. The van der Waals surface area contributed by atoms with Crippen LogP contribution in [0.15, 0.2) is 47.9 Å². The molecule has 1 aliphatic rings. The fraction of sp³-hybridized carbons (Fsp3) is 0.217. The normalized spacial score (nSPS) is 15.4. The maximum Gasteiger partial charge on any atom is 0.244 e. The van der Waals surface area contributed by atoms with Crippen LogP contribution in [-0.2, 0) is 6.61 Å². The predicted octanol–water partition coefficient (Wildman–Crippen LogP) is 4.27. The first-order valence-corrected chi connectivity index (χ1v) is 9.50. The molecule has 4 rings (SSSR count). The van der Waals surface area contributed by atoms with Crippen molar-refractivity contribution in [1.29, 1.82) is 5.26 Å². The van der Waals surface area contributed by atoms with Gasteiger partial charge >= 0.3 is 0 Å². The molecule has 1 aromatic heterocycles. The summed E-state index contributed by atoms with van der Waals surface area (Å²) >= 11 is 0. The summed E-state index contributed by atoms with van der Waals surface area (Å²) in [6.45, 7) is 6.21. The minimum atomic E-state index is -0.386. The number of nitrogens with zero attached hydrogens (tertiary/aromatic N) is 2. The van der Waals surface area contributed by atoms with Gasteiger partial charge in [0.15, 0.2) is 0 Å². The number of fused-ring (bicyclic) bond motifs is 1. The molecule has 2 aromatic carbocycles. The van der Waals surface area contributed by atoms with Gasteiger partial charge in [-0.05, 0) is 67.3 Å². The van der Waals surface area contributed by atoms with Gasteiger partial charge in [0.1, 0.15) is 29.8 Å². The number of hydrogen-bond donors (Lipinski definition) is 2. The van der Waals surface area contributed by atoms with Crippen LogP contribution in [0.2, 0.25) is 0 Å². The highest BCUT2D eigenvalue weighted by Gasteiger charge is 2.35. The summed E-state index contributed by atoms with van der Waals surface area (Å²) in [5.41, 5.74) is 12.0. The zero-order valence-electron chi connectivity index (χ0n) is 16.9. The SMILES string of the molecule is Cc1cc(C)c([C@H]2C(C#N)=C(N)Oc3n[nH]c(C)c32)cc1COc1ccc(F)cc1. The van der Waals surface area contributed by atoms with Crippen molar-refractivity contribution in [2.75, 3.05) is 0 Å². The number of nitrogens with one attached hydrogen (secondary N) is 1. The van der Waals surface area contributed by atoms with Crippen LogP contribution in [0.4, 0.5) is 4.39 Å². The number of hydrogen-bond acceptors (Lipinski definition) is 5. The van der Waals surface area contributed by atoms with E-state index in [0.29, 0.717) is 23.8 Å². The van der Waals surface area contributed by atoms with Crippen LogP contribution >= 0.6 is 0 Å². The summed E-state index contributed by atoms with van der Waals surface area (Å²) < 4.78 is 24.5. The average molecular weight is 404 g/mol. The summed E-state index contributed by atoms with van der Waals surface area (Å²) in [4.78, 5) is 0. The first-order chi connectivity index (χ1) is 14.4. The molecule has 0 bridgehead atoms. The molecular weight excluding hydrogens is 383 g/mol. The Hall–Kier alpha value is -3.79. The number of aromatic nitrogens is 2.